The number of H-pyrrole nitrogens is 1. The first-order valence-corrected chi connectivity index (χ1v) is 7.75. The summed E-state index contributed by atoms with van der Waals surface area (Å²) in [6.07, 6.45) is 3.49. The number of benzene rings is 1. The van der Waals surface area contributed by atoms with E-state index >= 15 is 0 Å². The maximum absolute atomic E-state index is 12.2. The second kappa shape index (κ2) is 5.90. The van der Waals surface area contributed by atoms with Gasteiger partial charge in [0.2, 0.25) is 0 Å². The number of hydrogen-bond donors (Lipinski definition) is 3. The summed E-state index contributed by atoms with van der Waals surface area (Å²) >= 11 is 0. The average Bonchev–Trinajstić information content (AvgIpc) is 3.08. The van der Waals surface area contributed by atoms with Crippen molar-refractivity contribution in [3.63, 3.8) is 0 Å². The van der Waals surface area contributed by atoms with Crippen LogP contribution in [0.25, 0.3) is 10.9 Å². The van der Waals surface area contributed by atoms with Crippen molar-refractivity contribution in [3.8, 4) is 0 Å². The number of aromatic nitrogens is 1. The third-order valence-electron chi connectivity index (χ3n) is 4.51. The number of aryl methyl sites for hydroxylation is 2. The minimum absolute atomic E-state index is 0.0214. The van der Waals surface area contributed by atoms with Crippen molar-refractivity contribution in [2.24, 2.45) is 0 Å². The fourth-order valence-corrected chi connectivity index (χ4v) is 3.07. The van der Waals surface area contributed by atoms with Crippen LogP contribution >= 0.6 is 0 Å². The van der Waals surface area contributed by atoms with E-state index in [-0.39, 0.29) is 5.91 Å². The van der Waals surface area contributed by atoms with Crippen LogP contribution in [0.2, 0.25) is 0 Å². The Morgan fingerprint density at radius 2 is 2.24 bits per heavy atom. The molecule has 1 amide bonds. The highest BCUT2D eigenvalue weighted by atomic mass is 16.1. The van der Waals surface area contributed by atoms with E-state index in [4.69, 9.17) is 0 Å². The van der Waals surface area contributed by atoms with E-state index in [9.17, 15) is 4.79 Å². The quantitative estimate of drug-likeness (QED) is 0.809. The van der Waals surface area contributed by atoms with E-state index in [1.165, 1.54) is 18.4 Å². The van der Waals surface area contributed by atoms with Gasteiger partial charge in [0.05, 0.1) is 0 Å². The van der Waals surface area contributed by atoms with Crippen LogP contribution in [0.15, 0.2) is 18.2 Å². The van der Waals surface area contributed by atoms with Gasteiger partial charge in [-0.15, -0.1) is 0 Å². The Bertz CT molecular complexity index is 653. The van der Waals surface area contributed by atoms with Gasteiger partial charge < -0.3 is 15.6 Å². The molecule has 0 saturated carbocycles. The summed E-state index contributed by atoms with van der Waals surface area (Å²) in [4.78, 5) is 15.6. The van der Waals surface area contributed by atoms with Crippen molar-refractivity contribution < 1.29 is 4.79 Å². The molecule has 0 unspecified atom stereocenters. The number of fused-ring (bicyclic) bond motifs is 1. The molecule has 1 aromatic heterocycles. The summed E-state index contributed by atoms with van der Waals surface area (Å²) in [6, 6.07) is 6.43. The minimum atomic E-state index is 0.0214. The highest BCUT2D eigenvalue weighted by molar-refractivity contribution is 5.99. The van der Waals surface area contributed by atoms with Crippen LogP contribution in [0.3, 0.4) is 0 Å². The number of nitrogens with one attached hydrogen (secondary N) is 3. The predicted molar refractivity (Wildman–Crippen MR) is 85.7 cm³/mol. The van der Waals surface area contributed by atoms with Gasteiger partial charge in [0, 0.05) is 34.7 Å². The lowest BCUT2D eigenvalue weighted by molar-refractivity contribution is 0.0952. The normalized spacial score (nSPS) is 18.3. The Morgan fingerprint density at radius 1 is 1.38 bits per heavy atom. The third-order valence-corrected chi connectivity index (χ3v) is 4.51. The van der Waals surface area contributed by atoms with Gasteiger partial charge in [-0.05, 0) is 63.4 Å². The van der Waals surface area contributed by atoms with E-state index in [0.717, 1.165) is 41.7 Å². The van der Waals surface area contributed by atoms with Gasteiger partial charge in [0.25, 0.3) is 5.91 Å². The van der Waals surface area contributed by atoms with E-state index in [0.29, 0.717) is 6.04 Å². The van der Waals surface area contributed by atoms with E-state index in [1.54, 1.807) is 0 Å². The zero-order chi connectivity index (χ0) is 14.8. The fraction of sp³-hybridized carbons (Fsp3) is 0.471. The van der Waals surface area contributed by atoms with Crippen molar-refractivity contribution in [1.82, 2.24) is 15.6 Å². The number of carbonyl (C=O) groups excluding carboxylic acids is 1. The Hall–Kier alpha value is -1.81. The summed E-state index contributed by atoms with van der Waals surface area (Å²) < 4.78 is 0. The van der Waals surface area contributed by atoms with Gasteiger partial charge in [-0.3, -0.25) is 4.79 Å². The first kappa shape index (κ1) is 14.1. The molecule has 21 heavy (non-hydrogen) atoms. The third kappa shape index (κ3) is 2.95. The first-order chi connectivity index (χ1) is 10.1. The van der Waals surface area contributed by atoms with E-state index < -0.39 is 0 Å². The maximum atomic E-state index is 12.2. The first-order valence-electron chi connectivity index (χ1n) is 7.75. The largest absolute Gasteiger partial charge is 0.358 e. The van der Waals surface area contributed by atoms with Crippen LogP contribution in [-0.4, -0.2) is 30.0 Å². The van der Waals surface area contributed by atoms with Crippen LogP contribution in [0.1, 0.15) is 40.9 Å². The van der Waals surface area contributed by atoms with Gasteiger partial charge in [-0.1, -0.05) is 0 Å². The maximum Gasteiger partial charge on any atom is 0.251 e. The summed E-state index contributed by atoms with van der Waals surface area (Å²) in [7, 11) is 0. The van der Waals surface area contributed by atoms with Crippen LogP contribution in [0.4, 0.5) is 0 Å². The molecule has 1 fully saturated rings. The zero-order valence-electron chi connectivity index (χ0n) is 12.8. The van der Waals surface area contributed by atoms with Gasteiger partial charge in [-0.25, -0.2) is 0 Å². The Balaban J connectivity index is 1.65. The lowest BCUT2D eigenvalue weighted by Crippen LogP contribution is -2.30. The molecule has 3 rings (SSSR count). The van der Waals surface area contributed by atoms with Crippen LogP contribution < -0.4 is 10.6 Å². The van der Waals surface area contributed by atoms with Gasteiger partial charge in [-0.2, -0.15) is 0 Å². The summed E-state index contributed by atoms with van der Waals surface area (Å²) in [6.45, 7) is 5.99. The lowest BCUT2D eigenvalue weighted by atomic mass is 10.1. The molecule has 0 aliphatic carbocycles. The number of hydrogen-bond acceptors (Lipinski definition) is 2. The zero-order valence-corrected chi connectivity index (χ0v) is 12.8. The Kier molecular flexibility index (Phi) is 3.97. The second-order valence-electron chi connectivity index (χ2n) is 5.97. The van der Waals surface area contributed by atoms with Crippen molar-refractivity contribution in [2.45, 2.75) is 39.2 Å². The van der Waals surface area contributed by atoms with E-state index in [2.05, 4.69) is 29.5 Å². The molecule has 0 radical (unpaired) electrons. The number of aromatic amines is 1. The van der Waals surface area contributed by atoms with Crippen LogP contribution in [0, 0.1) is 13.8 Å². The number of rotatable bonds is 4. The summed E-state index contributed by atoms with van der Waals surface area (Å²) in [5.74, 6) is 0.0214. The molecular formula is C17H23N3O. The molecule has 0 bridgehead atoms. The Labute approximate surface area is 125 Å². The summed E-state index contributed by atoms with van der Waals surface area (Å²) in [5.41, 5.74) is 4.21. The van der Waals surface area contributed by atoms with Crippen molar-refractivity contribution in [3.05, 3.63) is 35.0 Å². The average molecular weight is 285 g/mol. The van der Waals surface area contributed by atoms with Crippen molar-refractivity contribution in [1.29, 1.82) is 0 Å². The SMILES string of the molecule is Cc1[nH]c2ccc(C(=O)NCC[C@@H]3CCCN3)cc2c1C. The monoisotopic (exact) mass is 285 g/mol. The highest BCUT2D eigenvalue weighted by Gasteiger charge is 2.14. The fourth-order valence-electron chi connectivity index (χ4n) is 3.07. The number of carbonyl (C=O) groups is 1. The topological polar surface area (TPSA) is 56.9 Å². The molecule has 3 N–H and O–H groups in total. The highest BCUT2D eigenvalue weighted by Crippen LogP contribution is 2.22. The van der Waals surface area contributed by atoms with Crippen LogP contribution in [-0.2, 0) is 0 Å². The van der Waals surface area contributed by atoms with Crippen molar-refractivity contribution >= 4 is 16.8 Å². The molecule has 1 aromatic carbocycles. The van der Waals surface area contributed by atoms with Crippen LogP contribution in [0.5, 0.6) is 0 Å². The van der Waals surface area contributed by atoms with Gasteiger partial charge >= 0.3 is 0 Å². The molecule has 1 aliphatic rings. The van der Waals surface area contributed by atoms with Crippen molar-refractivity contribution in [2.75, 3.05) is 13.1 Å². The molecule has 2 aromatic rings. The molecule has 4 heteroatoms. The molecule has 4 nitrogen and oxygen atoms in total. The predicted octanol–water partition coefficient (Wildman–Crippen LogP) is 2.66. The van der Waals surface area contributed by atoms with Gasteiger partial charge in [0.1, 0.15) is 0 Å². The lowest BCUT2D eigenvalue weighted by Gasteiger charge is -2.10. The number of amides is 1. The standard InChI is InChI=1S/C17H23N3O/c1-11-12(2)20-16-6-5-13(10-15(11)16)17(21)19-9-7-14-4-3-8-18-14/h5-6,10,14,18,20H,3-4,7-9H2,1-2H3,(H,19,21)/t14-/m0/s1. The summed E-state index contributed by atoms with van der Waals surface area (Å²) in [5, 5.41) is 7.61. The Morgan fingerprint density at radius 3 is 3.00 bits per heavy atom. The second-order valence-corrected chi connectivity index (χ2v) is 5.97. The van der Waals surface area contributed by atoms with Gasteiger partial charge in [0.15, 0.2) is 0 Å². The molecule has 1 aliphatic heterocycles. The molecular weight excluding hydrogens is 262 g/mol. The smallest absolute Gasteiger partial charge is 0.251 e. The minimum Gasteiger partial charge on any atom is -0.358 e. The molecule has 112 valence electrons. The van der Waals surface area contributed by atoms with E-state index in [1.807, 2.05) is 18.2 Å². The molecule has 2 heterocycles. The molecule has 0 spiro atoms. The molecule has 1 saturated heterocycles. The molecule has 1 atom stereocenters.